The lowest BCUT2D eigenvalue weighted by Gasteiger charge is -2.08. The van der Waals surface area contributed by atoms with Crippen molar-refractivity contribution >= 4 is 22.9 Å². The summed E-state index contributed by atoms with van der Waals surface area (Å²) < 4.78 is 0. The third-order valence-corrected chi connectivity index (χ3v) is 2.15. The fourth-order valence-electron chi connectivity index (χ4n) is 1.14. The monoisotopic (exact) mass is 194 g/mol. The standard InChI is InChI=1S/C10H14N2S/c1-3-12-10(13)8-5-4-7(2)6-9(8)11/h4-6H,3,11H2,1-2H3,(H,12,13). The summed E-state index contributed by atoms with van der Waals surface area (Å²) >= 11 is 5.16. The Kier molecular flexibility index (Phi) is 3.25. The van der Waals surface area contributed by atoms with Crippen molar-refractivity contribution in [2.75, 3.05) is 12.3 Å². The first kappa shape index (κ1) is 9.99. The van der Waals surface area contributed by atoms with Gasteiger partial charge in [0, 0.05) is 17.8 Å². The van der Waals surface area contributed by atoms with E-state index in [-0.39, 0.29) is 0 Å². The Hall–Kier alpha value is -1.09. The van der Waals surface area contributed by atoms with Gasteiger partial charge in [-0.15, -0.1) is 0 Å². The van der Waals surface area contributed by atoms with Gasteiger partial charge in [0.05, 0.1) is 0 Å². The zero-order valence-electron chi connectivity index (χ0n) is 7.92. The number of aryl methyl sites for hydroxylation is 1. The number of nitrogen functional groups attached to an aromatic ring is 1. The van der Waals surface area contributed by atoms with Crippen LogP contribution < -0.4 is 11.1 Å². The van der Waals surface area contributed by atoms with Gasteiger partial charge < -0.3 is 11.1 Å². The second-order valence-corrected chi connectivity index (χ2v) is 3.36. The highest BCUT2D eigenvalue weighted by Gasteiger charge is 2.03. The Balaban J connectivity index is 2.95. The molecule has 1 aromatic carbocycles. The van der Waals surface area contributed by atoms with Crippen LogP contribution in [0.4, 0.5) is 5.69 Å². The Bertz CT molecular complexity index is 321. The minimum Gasteiger partial charge on any atom is -0.398 e. The first-order valence-corrected chi connectivity index (χ1v) is 4.70. The molecule has 13 heavy (non-hydrogen) atoms. The summed E-state index contributed by atoms with van der Waals surface area (Å²) in [4.78, 5) is 0.722. The van der Waals surface area contributed by atoms with Crippen molar-refractivity contribution in [3.05, 3.63) is 29.3 Å². The van der Waals surface area contributed by atoms with Crippen molar-refractivity contribution in [3.63, 3.8) is 0 Å². The Morgan fingerprint density at radius 1 is 1.54 bits per heavy atom. The molecule has 0 aliphatic heterocycles. The van der Waals surface area contributed by atoms with Crippen molar-refractivity contribution in [1.82, 2.24) is 5.32 Å². The molecule has 0 radical (unpaired) electrons. The minimum absolute atomic E-state index is 0.722. The van der Waals surface area contributed by atoms with Gasteiger partial charge >= 0.3 is 0 Å². The molecule has 0 spiro atoms. The van der Waals surface area contributed by atoms with E-state index >= 15 is 0 Å². The summed E-state index contributed by atoms with van der Waals surface area (Å²) in [5.41, 5.74) is 8.64. The smallest absolute Gasteiger partial charge is 0.108 e. The highest BCUT2D eigenvalue weighted by molar-refractivity contribution is 7.80. The average Bonchev–Trinajstić information content (AvgIpc) is 2.04. The van der Waals surface area contributed by atoms with E-state index in [9.17, 15) is 0 Å². The number of hydrogen-bond donors (Lipinski definition) is 2. The number of nitrogens with one attached hydrogen (secondary N) is 1. The van der Waals surface area contributed by atoms with Crippen LogP contribution in [0, 0.1) is 6.92 Å². The molecule has 2 nitrogen and oxygen atoms in total. The van der Waals surface area contributed by atoms with Crippen LogP contribution in [0.1, 0.15) is 18.1 Å². The quantitative estimate of drug-likeness (QED) is 0.557. The van der Waals surface area contributed by atoms with Crippen LogP contribution in [0.25, 0.3) is 0 Å². The van der Waals surface area contributed by atoms with E-state index in [2.05, 4.69) is 5.32 Å². The van der Waals surface area contributed by atoms with E-state index in [4.69, 9.17) is 18.0 Å². The van der Waals surface area contributed by atoms with Gasteiger partial charge in [0.15, 0.2) is 0 Å². The first-order valence-electron chi connectivity index (χ1n) is 4.29. The number of thiocarbonyl (C=S) groups is 1. The predicted octanol–water partition coefficient (Wildman–Crippen LogP) is 1.86. The number of anilines is 1. The molecule has 0 amide bonds. The summed E-state index contributed by atoms with van der Waals surface area (Å²) in [6, 6.07) is 5.89. The van der Waals surface area contributed by atoms with E-state index in [1.54, 1.807) is 0 Å². The van der Waals surface area contributed by atoms with Gasteiger partial charge in [-0.2, -0.15) is 0 Å². The molecule has 1 rings (SSSR count). The van der Waals surface area contributed by atoms with Crippen molar-refractivity contribution < 1.29 is 0 Å². The van der Waals surface area contributed by atoms with Crippen LogP contribution in [0.3, 0.4) is 0 Å². The number of rotatable bonds is 2. The zero-order valence-corrected chi connectivity index (χ0v) is 8.74. The molecular weight excluding hydrogens is 180 g/mol. The van der Waals surface area contributed by atoms with Gasteiger partial charge in [0.1, 0.15) is 4.99 Å². The second kappa shape index (κ2) is 4.23. The van der Waals surface area contributed by atoms with Crippen LogP contribution in [0.2, 0.25) is 0 Å². The lowest BCUT2D eigenvalue weighted by atomic mass is 10.1. The fourth-order valence-corrected chi connectivity index (χ4v) is 1.47. The van der Waals surface area contributed by atoms with E-state index in [1.807, 2.05) is 32.0 Å². The Morgan fingerprint density at radius 2 is 2.23 bits per heavy atom. The normalized spacial score (nSPS) is 9.69. The van der Waals surface area contributed by atoms with Gasteiger partial charge in [-0.1, -0.05) is 18.3 Å². The molecule has 0 unspecified atom stereocenters. The van der Waals surface area contributed by atoms with Crippen molar-refractivity contribution in [1.29, 1.82) is 0 Å². The van der Waals surface area contributed by atoms with Gasteiger partial charge in [0.25, 0.3) is 0 Å². The Labute approximate surface area is 84.1 Å². The maximum atomic E-state index is 5.83. The summed E-state index contributed by atoms with van der Waals surface area (Å²) in [5.74, 6) is 0. The Morgan fingerprint density at radius 3 is 2.77 bits per heavy atom. The van der Waals surface area contributed by atoms with Crippen LogP contribution in [-0.4, -0.2) is 11.5 Å². The maximum Gasteiger partial charge on any atom is 0.108 e. The van der Waals surface area contributed by atoms with Gasteiger partial charge in [-0.3, -0.25) is 0 Å². The SMILES string of the molecule is CCNC(=S)c1ccc(C)cc1N. The molecule has 0 saturated carbocycles. The van der Waals surface area contributed by atoms with Crippen LogP contribution >= 0.6 is 12.2 Å². The molecule has 0 heterocycles. The fraction of sp³-hybridized carbons (Fsp3) is 0.300. The molecule has 0 aromatic heterocycles. The third-order valence-electron chi connectivity index (χ3n) is 1.79. The summed E-state index contributed by atoms with van der Waals surface area (Å²) in [6.45, 7) is 4.85. The lowest BCUT2D eigenvalue weighted by Crippen LogP contribution is -2.22. The van der Waals surface area contributed by atoms with E-state index in [0.717, 1.165) is 28.3 Å². The van der Waals surface area contributed by atoms with Crippen LogP contribution in [0.5, 0.6) is 0 Å². The molecule has 3 N–H and O–H groups in total. The van der Waals surface area contributed by atoms with Crippen molar-refractivity contribution in [2.45, 2.75) is 13.8 Å². The third kappa shape index (κ3) is 2.42. The molecular formula is C10H14N2S. The lowest BCUT2D eigenvalue weighted by molar-refractivity contribution is 0.983. The maximum absolute atomic E-state index is 5.83. The van der Waals surface area contributed by atoms with Crippen LogP contribution in [-0.2, 0) is 0 Å². The topological polar surface area (TPSA) is 38.0 Å². The molecule has 0 saturated heterocycles. The minimum atomic E-state index is 0.722. The summed E-state index contributed by atoms with van der Waals surface area (Å²) in [7, 11) is 0. The summed E-state index contributed by atoms with van der Waals surface area (Å²) in [6.07, 6.45) is 0. The highest BCUT2D eigenvalue weighted by atomic mass is 32.1. The molecule has 0 aliphatic rings. The molecule has 70 valence electrons. The molecule has 0 aliphatic carbocycles. The van der Waals surface area contributed by atoms with Crippen molar-refractivity contribution in [2.24, 2.45) is 0 Å². The second-order valence-electron chi connectivity index (χ2n) is 2.95. The molecule has 0 bridgehead atoms. The average molecular weight is 194 g/mol. The van der Waals surface area contributed by atoms with Gasteiger partial charge in [-0.25, -0.2) is 0 Å². The predicted molar refractivity (Wildman–Crippen MR) is 61.0 cm³/mol. The summed E-state index contributed by atoms with van der Waals surface area (Å²) in [5, 5.41) is 3.07. The van der Waals surface area contributed by atoms with Crippen molar-refractivity contribution in [3.8, 4) is 0 Å². The number of nitrogens with two attached hydrogens (primary N) is 1. The van der Waals surface area contributed by atoms with Gasteiger partial charge in [0.2, 0.25) is 0 Å². The molecule has 0 fully saturated rings. The van der Waals surface area contributed by atoms with E-state index < -0.39 is 0 Å². The van der Waals surface area contributed by atoms with E-state index in [1.165, 1.54) is 0 Å². The molecule has 3 heteroatoms. The molecule has 1 aromatic rings. The first-order chi connectivity index (χ1) is 6.15. The molecule has 0 atom stereocenters. The van der Waals surface area contributed by atoms with E-state index in [0.29, 0.717) is 0 Å². The number of benzene rings is 1. The largest absolute Gasteiger partial charge is 0.398 e. The number of hydrogen-bond acceptors (Lipinski definition) is 2. The van der Waals surface area contributed by atoms with Crippen LogP contribution in [0.15, 0.2) is 18.2 Å². The van der Waals surface area contributed by atoms with Gasteiger partial charge in [-0.05, 0) is 31.5 Å². The zero-order chi connectivity index (χ0) is 9.84. The highest BCUT2D eigenvalue weighted by Crippen LogP contribution is 2.13.